The number of nitrogens with one attached hydrogen (secondary N) is 1. The number of benzene rings is 2. The highest BCUT2D eigenvalue weighted by molar-refractivity contribution is 6.30. The van der Waals surface area contributed by atoms with Gasteiger partial charge in [0.15, 0.2) is 6.61 Å². The maximum Gasteiger partial charge on any atom is 0.264 e. The summed E-state index contributed by atoms with van der Waals surface area (Å²) in [5, 5.41) is 7.21. The fourth-order valence-corrected chi connectivity index (χ4v) is 2.27. The minimum absolute atomic E-state index is 0.0875. The summed E-state index contributed by atoms with van der Waals surface area (Å²) in [5.74, 6) is 1.11. The van der Waals surface area contributed by atoms with Crippen molar-refractivity contribution in [3.05, 3.63) is 59.4 Å². The SMILES string of the molecule is CC(=O)Nc1ccccc1OCc1nc(-c2cccc(Cl)c2)no1. The molecule has 1 heterocycles. The lowest BCUT2D eigenvalue weighted by molar-refractivity contribution is -0.114. The van der Waals surface area contributed by atoms with Gasteiger partial charge in [-0.2, -0.15) is 4.98 Å². The summed E-state index contributed by atoms with van der Waals surface area (Å²) in [7, 11) is 0. The Morgan fingerprint density at radius 3 is 2.88 bits per heavy atom. The average Bonchev–Trinajstić information content (AvgIpc) is 3.02. The Labute approximate surface area is 143 Å². The summed E-state index contributed by atoms with van der Waals surface area (Å²) in [6, 6.07) is 14.3. The first-order valence-electron chi connectivity index (χ1n) is 7.20. The normalized spacial score (nSPS) is 10.4. The highest BCUT2D eigenvalue weighted by Gasteiger charge is 2.11. The number of halogens is 1. The topological polar surface area (TPSA) is 77.2 Å². The number of para-hydroxylation sites is 2. The van der Waals surface area contributed by atoms with Gasteiger partial charge < -0.3 is 14.6 Å². The standard InChI is InChI=1S/C17H14ClN3O3/c1-11(22)19-14-7-2-3-8-15(14)23-10-16-20-17(21-24-16)12-5-4-6-13(18)9-12/h2-9H,10H2,1H3,(H,19,22). The molecule has 1 amide bonds. The number of ether oxygens (including phenoxy) is 1. The Bertz CT molecular complexity index is 864. The maximum absolute atomic E-state index is 11.2. The van der Waals surface area contributed by atoms with Crippen molar-refractivity contribution in [3.63, 3.8) is 0 Å². The minimum Gasteiger partial charge on any atom is -0.482 e. The van der Waals surface area contributed by atoms with Gasteiger partial charge in [-0.3, -0.25) is 4.79 Å². The van der Waals surface area contributed by atoms with Crippen LogP contribution in [0.4, 0.5) is 5.69 Å². The van der Waals surface area contributed by atoms with E-state index in [0.717, 1.165) is 5.56 Å². The zero-order valence-corrected chi connectivity index (χ0v) is 13.6. The molecular formula is C17H14ClN3O3. The molecular weight excluding hydrogens is 330 g/mol. The average molecular weight is 344 g/mol. The maximum atomic E-state index is 11.2. The number of carbonyl (C=O) groups is 1. The first-order valence-corrected chi connectivity index (χ1v) is 7.57. The Balaban J connectivity index is 1.71. The van der Waals surface area contributed by atoms with Crippen molar-refractivity contribution in [1.29, 1.82) is 0 Å². The van der Waals surface area contributed by atoms with E-state index >= 15 is 0 Å². The molecule has 1 N–H and O–H groups in total. The monoisotopic (exact) mass is 343 g/mol. The lowest BCUT2D eigenvalue weighted by atomic mass is 10.2. The van der Waals surface area contributed by atoms with Gasteiger partial charge in [-0.15, -0.1) is 0 Å². The third kappa shape index (κ3) is 3.91. The molecule has 0 radical (unpaired) electrons. The van der Waals surface area contributed by atoms with Gasteiger partial charge in [0.25, 0.3) is 5.89 Å². The second-order valence-electron chi connectivity index (χ2n) is 4.99. The molecule has 0 bridgehead atoms. The van der Waals surface area contributed by atoms with E-state index in [2.05, 4.69) is 15.5 Å². The van der Waals surface area contributed by atoms with Gasteiger partial charge in [0.05, 0.1) is 5.69 Å². The molecule has 3 rings (SSSR count). The molecule has 0 unspecified atom stereocenters. The number of hydrogen-bond donors (Lipinski definition) is 1. The highest BCUT2D eigenvalue weighted by Crippen LogP contribution is 2.25. The van der Waals surface area contributed by atoms with Crippen molar-refractivity contribution in [2.24, 2.45) is 0 Å². The molecule has 3 aromatic rings. The Morgan fingerprint density at radius 1 is 1.25 bits per heavy atom. The van der Waals surface area contributed by atoms with Gasteiger partial charge in [0, 0.05) is 17.5 Å². The quantitative estimate of drug-likeness (QED) is 0.759. The number of anilines is 1. The fraction of sp³-hybridized carbons (Fsp3) is 0.118. The largest absolute Gasteiger partial charge is 0.482 e. The number of aromatic nitrogens is 2. The van der Waals surface area contributed by atoms with Crippen molar-refractivity contribution in [2.45, 2.75) is 13.5 Å². The molecule has 0 spiro atoms. The predicted octanol–water partition coefficient (Wildman–Crippen LogP) is 3.93. The number of nitrogens with zero attached hydrogens (tertiary/aromatic N) is 2. The molecule has 24 heavy (non-hydrogen) atoms. The zero-order chi connectivity index (χ0) is 16.9. The highest BCUT2D eigenvalue weighted by atomic mass is 35.5. The number of rotatable bonds is 5. The minimum atomic E-state index is -0.174. The van der Waals surface area contributed by atoms with Crippen molar-refractivity contribution in [3.8, 4) is 17.1 Å². The third-order valence-electron chi connectivity index (χ3n) is 3.10. The number of hydrogen-bond acceptors (Lipinski definition) is 5. The van der Waals surface area contributed by atoms with Crippen LogP contribution in [-0.2, 0) is 11.4 Å². The first-order chi connectivity index (χ1) is 11.6. The predicted molar refractivity (Wildman–Crippen MR) is 89.8 cm³/mol. The summed E-state index contributed by atoms with van der Waals surface area (Å²) in [6.07, 6.45) is 0. The van der Waals surface area contributed by atoms with E-state index in [0.29, 0.717) is 28.2 Å². The van der Waals surface area contributed by atoms with E-state index < -0.39 is 0 Å². The van der Waals surface area contributed by atoms with Gasteiger partial charge in [-0.25, -0.2) is 0 Å². The molecule has 7 heteroatoms. The second kappa shape index (κ2) is 7.14. The van der Waals surface area contributed by atoms with Gasteiger partial charge >= 0.3 is 0 Å². The van der Waals surface area contributed by atoms with Gasteiger partial charge in [-0.1, -0.05) is 41.0 Å². The molecule has 1 aromatic heterocycles. The fourth-order valence-electron chi connectivity index (χ4n) is 2.08. The first kappa shape index (κ1) is 16.0. The summed E-state index contributed by atoms with van der Waals surface area (Å²) in [6.45, 7) is 1.52. The molecule has 0 saturated heterocycles. The summed E-state index contributed by atoms with van der Waals surface area (Å²) in [4.78, 5) is 15.5. The lowest BCUT2D eigenvalue weighted by Crippen LogP contribution is -2.07. The van der Waals surface area contributed by atoms with E-state index in [-0.39, 0.29) is 12.5 Å². The molecule has 0 fully saturated rings. The van der Waals surface area contributed by atoms with Gasteiger partial charge in [-0.05, 0) is 24.3 Å². The van der Waals surface area contributed by atoms with Crippen LogP contribution in [0.3, 0.4) is 0 Å². The Hall–Kier alpha value is -2.86. The van der Waals surface area contributed by atoms with E-state index in [4.69, 9.17) is 20.9 Å². The van der Waals surface area contributed by atoms with Gasteiger partial charge in [0.2, 0.25) is 11.7 Å². The van der Waals surface area contributed by atoms with E-state index in [1.165, 1.54) is 6.92 Å². The van der Waals surface area contributed by atoms with Crippen LogP contribution in [0.1, 0.15) is 12.8 Å². The molecule has 0 aliphatic rings. The van der Waals surface area contributed by atoms with E-state index in [1.54, 1.807) is 24.3 Å². The van der Waals surface area contributed by atoms with Crippen LogP contribution in [0.5, 0.6) is 5.75 Å². The van der Waals surface area contributed by atoms with Crippen molar-refractivity contribution in [1.82, 2.24) is 10.1 Å². The third-order valence-corrected chi connectivity index (χ3v) is 3.33. The molecule has 0 aliphatic heterocycles. The molecule has 122 valence electrons. The van der Waals surface area contributed by atoms with E-state index in [9.17, 15) is 4.79 Å². The zero-order valence-electron chi connectivity index (χ0n) is 12.8. The van der Waals surface area contributed by atoms with Crippen LogP contribution in [-0.4, -0.2) is 16.0 Å². The van der Waals surface area contributed by atoms with Crippen LogP contribution >= 0.6 is 11.6 Å². The summed E-state index contributed by atoms with van der Waals surface area (Å²) in [5.41, 5.74) is 1.34. The van der Waals surface area contributed by atoms with Crippen molar-refractivity contribution >= 4 is 23.2 Å². The molecule has 6 nitrogen and oxygen atoms in total. The summed E-state index contributed by atoms with van der Waals surface area (Å²) >= 11 is 5.96. The van der Waals surface area contributed by atoms with Crippen LogP contribution < -0.4 is 10.1 Å². The molecule has 0 aliphatic carbocycles. The number of amides is 1. The van der Waals surface area contributed by atoms with Crippen molar-refractivity contribution in [2.75, 3.05) is 5.32 Å². The van der Waals surface area contributed by atoms with Gasteiger partial charge in [0.1, 0.15) is 5.75 Å². The number of carbonyl (C=O) groups excluding carboxylic acids is 1. The van der Waals surface area contributed by atoms with Crippen LogP contribution in [0.15, 0.2) is 53.1 Å². The Kier molecular flexibility index (Phi) is 4.77. The molecule has 0 saturated carbocycles. The Morgan fingerprint density at radius 2 is 2.08 bits per heavy atom. The van der Waals surface area contributed by atoms with Crippen LogP contribution in [0.2, 0.25) is 5.02 Å². The summed E-state index contributed by atoms with van der Waals surface area (Å²) < 4.78 is 10.8. The molecule has 0 atom stereocenters. The smallest absolute Gasteiger partial charge is 0.264 e. The second-order valence-corrected chi connectivity index (χ2v) is 5.42. The molecule has 2 aromatic carbocycles. The van der Waals surface area contributed by atoms with Crippen LogP contribution in [0.25, 0.3) is 11.4 Å². The van der Waals surface area contributed by atoms with E-state index in [1.807, 2.05) is 24.3 Å². The lowest BCUT2D eigenvalue weighted by Gasteiger charge is -2.09. The van der Waals surface area contributed by atoms with Crippen molar-refractivity contribution < 1.29 is 14.1 Å². The van der Waals surface area contributed by atoms with Crippen LogP contribution in [0, 0.1) is 0 Å².